The second-order valence-electron chi connectivity index (χ2n) is 5.00. The van der Waals surface area contributed by atoms with Crippen LogP contribution < -0.4 is 5.56 Å². The van der Waals surface area contributed by atoms with Crippen LogP contribution in [0.15, 0.2) is 52.4 Å². The van der Waals surface area contributed by atoms with Crippen LogP contribution in [0, 0.1) is 10.1 Å². The first kappa shape index (κ1) is 13.1. The van der Waals surface area contributed by atoms with Crippen molar-refractivity contribution in [2.75, 3.05) is 0 Å². The van der Waals surface area contributed by atoms with Crippen molar-refractivity contribution in [1.82, 2.24) is 9.55 Å². The summed E-state index contributed by atoms with van der Waals surface area (Å²) in [6.45, 7) is 0. The number of non-ortho nitro benzene ring substituents is 1. The van der Waals surface area contributed by atoms with Crippen LogP contribution in [0.3, 0.4) is 0 Å². The highest BCUT2D eigenvalue weighted by molar-refractivity contribution is 6.16. The molecule has 112 valence electrons. The molecule has 0 saturated heterocycles. The molecule has 0 atom stereocenters. The molecule has 0 saturated carbocycles. The Bertz CT molecular complexity index is 1080. The van der Waals surface area contributed by atoms with Gasteiger partial charge in [-0.2, -0.15) is 0 Å². The number of benzene rings is 2. The Morgan fingerprint density at radius 2 is 2.00 bits per heavy atom. The molecular formula is C15H8N4O4. The molecule has 0 fully saturated rings. The van der Waals surface area contributed by atoms with Gasteiger partial charge in [0.2, 0.25) is 0 Å². The molecule has 0 spiro atoms. The van der Waals surface area contributed by atoms with Crippen LogP contribution in [-0.2, 0) is 0 Å². The predicted octanol–water partition coefficient (Wildman–Crippen LogP) is 1.83. The lowest BCUT2D eigenvalue weighted by Gasteiger charge is -2.05. The highest BCUT2D eigenvalue weighted by atomic mass is 16.6. The molecule has 3 aromatic rings. The van der Waals surface area contributed by atoms with Crippen LogP contribution in [-0.4, -0.2) is 25.4 Å². The van der Waals surface area contributed by atoms with E-state index in [-0.39, 0.29) is 22.8 Å². The second-order valence-corrected chi connectivity index (χ2v) is 5.00. The molecule has 0 radical (unpaired) electrons. The smallest absolute Gasteiger partial charge is 0.270 e. The van der Waals surface area contributed by atoms with Crippen LogP contribution in [0.2, 0.25) is 0 Å². The van der Waals surface area contributed by atoms with E-state index in [2.05, 4.69) is 10.1 Å². The highest BCUT2D eigenvalue weighted by Crippen LogP contribution is 2.29. The molecule has 8 nitrogen and oxygen atoms in total. The van der Waals surface area contributed by atoms with E-state index in [1.165, 1.54) is 22.8 Å². The monoisotopic (exact) mass is 308 g/mol. The number of para-hydroxylation sites is 1. The average Bonchev–Trinajstić information content (AvgIpc) is 2.87. The summed E-state index contributed by atoms with van der Waals surface area (Å²) in [7, 11) is 0. The SMILES string of the molecule is O=c1c2ccccc2nc2n1-c1ccc([N+](=O)[O-])cc1/C2=N/O. The maximum Gasteiger partial charge on any atom is 0.270 e. The van der Waals surface area contributed by atoms with E-state index in [0.717, 1.165) is 0 Å². The summed E-state index contributed by atoms with van der Waals surface area (Å²) in [5.74, 6) is 0.159. The van der Waals surface area contributed by atoms with Gasteiger partial charge in [-0.15, -0.1) is 0 Å². The van der Waals surface area contributed by atoms with Crippen molar-refractivity contribution < 1.29 is 10.1 Å². The fraction of sp³-hybridized carbons (Fsp3) is 0. The van der Waals surface area contributed by atoms with Gasteiger partial charge in [0.15, 0.2) is 11.5 Å². The Labute approximate surface area is 128 Å². The molecule has 1 aliphatic rings. The van der Waals surface area contributed by atoms with Crippen LogP contribution in [0.5, 0.6) is 0 Å². The van der Waals surface area contributed by atoms with Gasteiger partial charge in [0, 0.05) is 17.7 Å². The number of hydrogen-bond donors (Lipinski definition) is 1. The highest BCUT2D eigenvalue weighted by Gasteiger charge is 2.30. The molecule has 0 unspecified atom stereocenters. The number of aromatic nitrogens is 2. The molecular weight excluding hydrogens is 300 g/mol. The van der Waals surface area contributed by atoms with Crippen molar-refractivity contribution in [1.29, 1.82) is 0 Å². The number of nitro groups is 1. The van der Waals surface area contributed by atoms with E-state index in [1.807, 2.05) is 0 Å². The van der Waals surface area contributed by atoms with E-state index in [9.17, 15) is 20.1 Å². The van der Waals surface area contributed by atoms with E-state index < -0.39 is 4.92 Å². The molecule has 1 N–H and O–H groups in total. The van der Waals surface area contributed by atoms with Crippen molar-refractivity contribution in [2.24, 2.45) is 5.16 Å². The van der Waals surface area contributed by atoms with Crippen molar-refractivity contribution in [3.8, 4) is 5.69 Å². The molecule has 1 aromatic heterocycles. The molecule has 2 heterocycles. The van der Waals surface area contributed by atoms with E-state index in [1.54, 1.807) is 24.3 Å². The van der Waals surface area contributed by atoms with Crippen molar-refractivity contribution in [3.63, 3.8) is 0 Å². The third kappa shape index (κ3) is 1.68. The fourth-order valence-corrected chi connectivity index (χ4v) is 2.76. The maximum absolute atomic E-state index is 12.7. The van der Waals surface area contributed by atoms with E-state index in [0.29, 0.717) is 22.2 Å². The predicted molar refractivity (Wildman–Crippen MR) is 81.4 cm³/mol. The summed E-state index contributed by atoms with van der Waals surface area (Å²) in [5, 5.41) is 23.9. The van der Waals surface area contributed by atoms with Crippen LogP contribution >= 0.6 is 0 Å². The van der Waals surface area contributed by atoms with Gasteiger partial charge >= 0.3 is 0 Å². The van der Waals surface area contributed by atoms with Crippen LogP contribution in [0.1, 0.15) is 11.4 Å². The number of fused-ring (bicyclic) bond motifs is 4. The fourth-order valence-electron chi connectivity index (χ4n) is 2.76. The third-order valence-corrected chi connectivity index (χ3v) is 3.77. The molecule has 8 heteroatoms. The minimum atomic E-state index is -0.551. The zero-order chi connectivity index (χ0) is 16.1. The Morgan fingerprint density at radius 3 is 2.74 bits per heavy atom. The minimum Gasteiger partial charge on any atom is -0.410 e. The Morgan fingerprint density at radius 1 is 1.22 bits per heavy atom. The lowest BCUT2D eigenvalue weighted by Crippen LogP contribution is -2.21. The summed E-state index contributed by atoms with van der Waals surface area (Å²) in [5.41, 5.74) is 0.719. The Balaban J connectivity index is 2.13. The first-order chi connectivity index (χ1) is 11.1. The van der Waals surface area contributed by atoms with Gasteiger partial charge in [-0.25, -0.2) is 4.98 Å². The number of nitrogens with zero attached hydrogens (tertiary/aromatic N) is 4. The van der Waals surface area contributed by atoms with Crippen molar-refractivity contribution in [2.45, 2.75) is 0 Å². The van der Waals surface area contributed by atoms with Crippen LogP contribution in [0.25, 0.3) is 16.6 Å². The molecule has 2 aromatic carbocycles. The summed E-state index contributed by atoms with van der Waals surface area (Å²) in [4.78, 5) is 27.5. The maximum atomic E-state index is 12.7. The molecule has 0 aliphatic carbocycles. The summed E-state index contributed by atoms with van der Waals surface area (Å²) >= 11 is 0. The van der Waals surface area contributed by atoms with Gasteiger partial charge in [0.1, 0.15) is 0 Å². The Hall–Kier alpha value is -3.55. The van der Waals surface area contributed by atoms with Gasteiger partial charge in [0.05, 0.1) is 21.5 Å². The second kappa shape index (κ2) is 4.47. The van der Waals surface area contributed by atoms with Crippen molar-refractivity contribution >= 4 is 22.3 Å². The standard InChI is InChI=1S/C15H8N4O4/c20-15-9-3-1-2-4-11(9)16-14-13(17-21)10-7-8(19(22)23)5-6-12(10)18(14)15/h1-7,21H/b17-13-. The van der Waals surface area contributed by atoms with Gasteiger partial charge < -0.3 is 5.21 Å². The summed E-state index contributed by atoms with van der Waals surface area (Å²) in [6.07, 6.45) is 0. The molecule has 4 rings (SSSR count). The first-order valence-electron chi connectivity index (χ1n) is 6.65. The molecule has 23 heavy (non-hydrogen) atoms. The number of rotatable bonds is 1. The van der Waals surface area contributed by atoms with E-state index in [4.69, 9.17) is 0 Å². The quantitative estimate of drug-likeness (QED) is 0.327. The van der Waals surface area contributed by atoms with Gasteiger partial charge in [0.25, 0.3) is 11.2 Å². The number of oxime groups is 1. The lowest BCUT2D eigenvalue weighted by molar-refractivity contribution is -0.384. The normalized spacial score (nSPS) is 14.0. The zero-order valence-corrected chi connectivity index (χ0v) is 11.5. The number of hydrogen-bond acceptors (Lipinski definition) is 6. The first-order valence-corrected chi connectivity index (χ1v) is 6.65. The number of nitro benzene ring substituents is 1. The average molecular weight is 308 g/mol. The zero-order valence-electron chi connectivity index (χ0n) is 11.5. The van der Waals surface area contributed by atoms with Gasteiger partial charge in [-0.1, -0.05) is 17.3 Å². The largest absolute Gasteiger partial charge is 0.410 e. The van der Waals surface area contributed by atoms with Crippen molar-refractivity contribution in [3.05, 3.63) is 74.3 Å². The minimum absolute atomic E-state index is 0.0338. The van der Waals surface area contributed by atoms with E-state index >= 15 is 0 Å². The Kier molecular flexibility index (Phi) is 2.55. The summed E-state index contributed by atoms with van der Waals surface area (Å²) < 4.78 is 1.30. The molecule has 0 amide bonds. The third-order valence-electron chi connectivity index (χ3n) is 3.77. The summed E-state index contributed by atoms with van der Waals surface area (Å²) in [6, 6.07) is 10.8. The molecule has 1 aliphatic heterocycles. The topological polar surface area (TPSA) is 111 Å². The van der Waals surface area contributed by atoms with Crippen LogP contribution in [0.4, 0.5) is 5.69 Å². The van der Waals surface area contributed by atoms with Gasteiger partial charge in [-0.3, -0.25) is 19.5 Å². The van der Waals surface area contributed by atoms with Gasteiger partial charge in [-0.05, 0) is 18.2 Å². The molecule has 0 bridgehead atoms. The lowest BCUT2D eigenvalue weighted by atomic mass is 10.1.